The second-order valence-corrected chi connectivity index (χ2v) is 7.59. The molecule has 0 fully saturated rings. The molecule has 0 aliphatic heterocycles. The van der Waals surface area contributed by atoms with Gasteiger partial charge in [0, 0.05) is 0 Å². The van der Waals surface area contributed by atoms with Crippen molar-refractivity contribution in [1.29, 1.82) is 0 Å². The summed E-state index contributed by atoms with van der Waals surface area (Å²) in [5, 5.41) is 10.2. The van der Waals surface area contributed by atoms with E-state index in [2.05, 4.69) is 0 Å². The molecule has 0 saturated heterocycles. The molecule has 0 aliphatic carbocycles. The molecular weight excluding hydrogens is 302 g/mol. The third-order valence-electron chi connectivity index (χ3n) is 3.18. The highest BCUT2D eigenvalue weighted by atomic mass is 32.2. The number of hydrogen-bond donors (Lipinski definition) is 3. The van der Waals surface area contributed by atoms with Crippen LogP contribution in [0, 0.1) is 0 Å². The Labute approximate surface area is 119 Å². The van der Waals surface area contributed by atoms with Gasteiger partial charge in [-0.25, -0.2) is 27.1 Å². The van der Waals surface area contributed by atoms with Crippen LogP contribution in [0.15, 0.2) is 21.9 Å². The lowest BCUT2D eigenvalue weighted by Gasteiger charge is -2.18. The molecule has 0 spiro atoms. The molecule has 0 radical (unpaired) electrons. The number of nitrogens with two attached hydrogens (primary N) is 3. The Balaban J connectivity index is 3.75. The molecule has 9 heteroatoms. The van der Waals surface area contributed by atoms with Crippen molar-refractivity contribution < 1.29 is 16.8 Å². The van der Waals surface area contributed by atoms with Gasteiger partial charge in [-0.05, 0) is 36.5 Å². The van der Waals surface area contributed by atoms with Gasteiger partial charge in [-0.3, -0.25) is 0 Å². The van der Waals surface area contributed by atoms with E-state index in [1.54, 1.807) is 0 Å². The topological polar surface area (TPSA) is 146 Å². The van der Waals surface area contributed by atoms with Crippen molar-refractivity contribution in [2.45, 2.75) is 42.4 Å². The molecule has 20 heavy (non-hydrogen) atoms. The van der Waals surface area contributed by atoms with Crippen LogP contribution < -0.4 is 16.0 Å². The van der Waals surface area contributed by atoms with Crippen molar-refractivity contribution >= 4 is 25.7 Å². The van der Waals surface area contributed by atoms with Crippen LogP contribution in [0.1, 0.15) is 38.2 Å². The normalized spacial score (nSPS) is 12.8. The standard InChI is InChI=1S/C11H19N3O4S2/c1-3-7(4-2)8-5-9(12)11(20(14,17)18)6-10(8)19(13,15)16/h5-7H,3-4,12H2,1-2H3,(H2,13,15,16)(H2,14,17,18). The molecule has 0 aliphatic rings. The first-order chi connectivity index (χ1) is 9.02. The summed E-state index contributed by atoms with van der Waals surface area (Å²) in [7, 11) is -8.19. The molecule has 7 nitrogen and oxygen atoms in total. The lowest BCUT2D eigenvalue weighted by Crippen LogP contribution is -2.20. The summed E-state index contributed by atoms with van der Waals surface area (Å²) in [6.07, 6.45) is 1.35. The molecule has 1 aromatic carbocycles. The number of primary sulfonamides is 2. The number of anilines is 1. The molecule has 0 heterocycles. The van der Waals surface area contributed by atoms with Crippen molar-refractivity contribution in [3.63, 3.8) is 0 Å². The highest BCUT2D eigenvalue weighted by molar-refractivity contribution is 7.90. The number of benzene rings is 1. The Kier molecular flexibility index (Phi) is 4.80. The quantitative estimate of drug-likeness (QED) is 0.674. The fourth-order valence-corrected chi connectivity index (χ4v) is 3.72. The summed E-state index contributed by atoms with van der Waals surface area (Å²) in [5.74, 6) is -0.0832. The van der Waals surface area contributed by atoms with Crippen molar-refractivity contribution in [2.75, 3.05) is 5.73 Å². The first-order valence-electron chi connectivity index (χ1n) is 6.01. The minimum Gasteiger partial charge on any atom is -0.398 e. The van der Waals surface area contributed by atoms with Gasteiger partial charge in [0.2, 0.25) is 20.0 Å². The third-order valence-corrected chi connectivity index (χ3v) is 5.11. The van der Waals surface area contributed by atoms with Gasteiger partial charge in [-0.2, -0.15) is 0 Å². The molecule has 0 aromatic heterocycles. The van der Waals surface area contributed by atoms with Gasteiger partial charge in [-0.1, -0.05) is 13.8 Å². The zero-order valence-corrected chi connectivity index (χ0v) is 13.0. The molecular formula is C11H19N3O4S2. The molecule has 0 bridgehead atoms. The fourth-order valence-electron chi connectivity index (χ4n) is 2.14. The van der Waals surface area contributed by atoms with E-state index in [0.717, 1.165) is 6.07 Å². The Morgan fingerprint density at radius 2 is 1.40 bits per heavy atom. The summed E-state index contributed by atoms with van der Waals surface area (Å²) in [4.78, 5) is -0.680. The Hall–Kier alpha value is -1.16. The summed E-state index contributed by atoms with van der Waals surface area (Å²) >= 11 is 0. The Morgan fingerprint density at radius 1 is 0.950 bits per heavy atom. The van der Waals surface area contributed by atoms with Gasteiger partial charge < -0.3 is 5.73 Å². The monoisotopic (exact) mass is 321 g/mol. The third kappa shape index (κ3) is 3.48. The molecule has 1 aromatic rings. The van der Waals surface area contributed by atoms with Crippen LogP contribution >= 0.6 is 0 Å². The van der Waals surface area contributed by atoms with E-state index in [-0.39, 0.29) is 16.5 Å². The van der Waals surface area contributed by atoms with Crippen molar-refractivity contribution in [3.8, 4) is 0 Å². The van der Waals surface area contributed by atoms with Crippen LogP contribution in [0.3, 0.4) is 0 Å². The van der Waals surface area contributed by atoms with Crippen LogP contribution in [0.5, 0.6) is 0 Å². The smallest absolute Gasteiger partial charge is 0.240 e. The lowest BCUT2D eigenvalue weighted by molar-refractivity contribution is 0.586. The largest absolute Gasteiger partial charge is 0.398 e. The second kappa shape index (κ2) is 5.68. The Morgan fingerprint density at radius 3 is 1.75 bits per heavy atom. The van der Waals surface area contributed by atoms with Gasteiger partial charge in [0.25, 0.3) is 0 Å². The second-order valence-electron chi connectivity index (χ2n) is 4.53. The minimum absolute atomic E-state index is 0.0817. The van der Waals surface area contributed by atoms with Crippen LogP contribution in [0.25, 0.3) is 0 Å². The summed E-state index contributed by atoms with van der Waals surface area (Å²) in [6.45, 7) is 3.79. The van der Waals surface area contributed by atoms with Gasteiger partial charge in [-0.15, -0.1) is 0 Å². The molecule has 0 unspecified atom stereocenters. The molecule has 6 N–H and O–H groups in total. The van der Waals surface area contributed by atoms with Crippen LogP contribution in [0.2, 0.25) is 0 Å². The van der Waals surface area contributed by atoms with Gasteiger partial charge in [0.05, 0.1) is 10.6 Å². The predicted molar refractivity (Wildman–Crippen MR) is 76.9 cm³/mol. The summed E-state index contributed by atoms with van der Waals surface area (Å²) in [6, 6.07) is 2.27. The average Bonchev–Trinajstić information content (AvgIpc) is 2.27. The van der Waals surface area contributed by atoms with Crippen molar-refractivity contribution in [3.05, 3.63) is 17.7 Å². The fraction of sp³-hybridized carbons (Fsp3) is 0.455. The van der Waals surface area contributed by atoms with Crippen LogP contribution in [0.4, 0.5) is 5.69 Å². The lowest BCUT2D eigenvalue weighted by atomic mass is 9.93. The summed E-state index contributed by atoms with van der Waals surface area (Å²) < 4.78 is 46.2. The van der Waals surface area contributed by atoms with Crippen LogP contribution in [-0.2, 0) is 20.0 Å². The van der Waals surface area contributed by atoms with E-state index in [1.165, 1.54) is 6.07 Å². The molecule has 0 atom stereocenters. The maximum atomic E-state index is 11.7. The number of rotatable bonds is 5. The molecule has 0 saturated carbocycles. The zero-order chi connectivity index (χ0) is 15.7. The highest BCUT2D eigenvalue weighted by Gasteiger charge is 2.24. The van der Waals surface area contributed by atoms with Crippen molar-refractivity contribution in [1.82, 2.24) is 0 Å². The molecule has 114 valence electrons. The van der Waals surface area contributed by atoms with Gasteiger partial charge in [0.15, 0.2) is 0 Å². The van der Waals surface area contributed by atoms with Crippen molar-refractivity contribution in [2.24, 2.45) is 10.3 Å². The number of hydrogen-bond acceptors (Lipinski definition) is 5. The molecule has 1 rings (SSSR count). The highest BCUT2D eigenvalue weighted by Crippen LogP contribution is 2.33. The summed E-state index contributed by atoms with van der Waals surface area (Å²) in [5.41, 5.74) is 6.01. The average molecular weight is 321 g/mol. The first-order valence-corrected chi connectivity index (χ1v) is 9.10. The maximum Gasteiger partial charge on any atom is 0.240 e. The van der Waals surface area contributed by atoms with E-state index in [9.17, 15) is 16.8 Å². The number of nitrogen functional groups attached to an aromatic ring is 1. The van der Waals surface area contributed by atoms with E-state index >= 15 is 0 Å². The van der Waals surface area contributed by atoms with E-state index in [1.807, 2.05) is 13.8 Å². The first kappa shape index (κ1) is 16.9. The van der Waals surface area contributed by atoms with E-state index in [0.29, 0.717) is 18.4 Å². The SMILES string of the molecule is CCC(CC)c1cc(N)c(S(N)(=O)=O)cc1S(N)(=O)=O. The predicted octanol–water partition coefficient (Wildman–Crippen LogP) is 0.467. The maximum absolute atomic E-state index is 11.7. The van der Waals surface area contributed by atoms with Crippen LogP contribution in [-0.4, -0.2) is 16.8 Å². The van der Waals surface area contributed by atoms with Gasteiger partial charge in [0.1, 0.15) is 4.90 Å². The zero-order valence-electron chi connectivity index (χ0n) is 11.3. The minimum atomic E-state index is -4.12. The van der Waals surface area contributed by atoms with E-state index < -0.39 is 24.9 Å². The van der Waals surface area contributed by atoms with E-state index in [4.69, 9.17) is 16.0 Å². The molecule has 0 amide bonds. The Bertz CT molecular complexity index is 707. The van der Waals surface area contributed by atoms with Gasteiger partial charge >= 0.3 is 0 Å². The number of sulfonamides is 2.